The summed E-state index contributed by atoms with van der Waals surface area (Å²) in [6.07, 6.45) is 18.2. The van der Waals surface area contributed by atoms with Gasteiger partial charge in [0.15, 0.2) is 0 Å². The third kappa shape index (κ3) is 10.9. The predicted molar refractivity (Wildman–Crippen MR) is 157 cm³/mol. The Morgan fingerprint density at radius 3 is 1.20 bits per heavy atom. The Balaban J connectivity index is 1.86. The molecule has 0 saturated heterocycles. The highest BCUT2D eigenvalue weighted by atomic mass is 19.1. The van der Waals surface area contributed by atoms with Crippen molar-refractivity contribution < 1.29 is 27.2 Å². The fourth-order valence-electron chi connectivity index (χ4n) is 5.09. The van der Waals surface area contributed by atoms with Crippen molar-refractivity contribution in [1.82, 2.24) is 4.90 Å². The molecular weight excluding hydrogens is 530 g/mol. The molecule has 2 amide bonds. The predicted octanol–water partition coefficient (Wildman–Crippen LogP) is 10.4. The Hall–Kier alpha value is -2.70. The lowest BCUT2D eigenvalue weighted by molar-refractivity contribution is 0.0602. The lowest BCUT2D eigenvalue weighted by Gasteiger charge is -2.23. The zero-order chi connectivity index (χ0) is 30.2. The van der Waals surface area contributed by atoms with E-state index in [0.717, 1.165) is 37.8 Å². The fourth-order valence-corrected chi connectivity index (χ4v) is 5.09. The van der Waals surface area contributed by atoms with Crippen molar-refractivity contribution in [3.63, 3.8) is 0 Å². The van der Waals surface area contributed by atoms with Crippen LogP contribution in [0.25, 0.3) is 0 Å². The highest BCUT2D eigenvalue weighted by Gasteiger charge is 2.32. The summed E-state index contributed by atoms with van der Waals surface area (Å²) in [7, 11) is 0. The Morgan fingerprint density at radius 2 is 0.854 bits per heavy atom. The minimum atomic E-state index is -1.24. The normalized spacial score (nSPS) is 11.2. The molecule has 0 unspecified atom stereocenters. The monoisotopic (exact) mass is 577 g/mol. The van der Waals surface area contributed by atoms with E-state index in [1.165, 1.54) is 90.2 Å². The van der Waals surface area contributed by atoms with E-state index in [1.807, 2.05) is 0 Å². The minimum Gasteiger partial charge on any atom is -0.274 e. The van der Waals surface area contributed by atoms with Crippen molar-refractivity contribution in [3.8, 4) is 0 Å². The van der Waals surface area contributed by atoms with Gasteiger partial charge in [0, 0.05) is 6.54 Å². The first kappa shape index (κ1) is 34.5. The molecule has 3 nitrogen and oxygen atoms in total. The van der Waals surface area contributed by atoms with Gasteiger partial charge in [0.05, 0.1) is 0 Å². The molecule has 7 heteroatoms. The third-order valence-electron chi connectivity index (χ3n) is 7.72. The number of halogens is 4. The molecule has 0 aliphatic heterocycles. The number of rotatable bonds is 19. The van der Waals surface area contributed by atoms with Crippen LogP contribution in [-0.2, 0) is 0 Å². The zero-order valence-electron chi connectivity index (χ0n) is 25.1. The number of carbonyl (C=O) groups is 2. The van der Waals surface area contributed by atoms with Gasteiger partial charge in [0.25, 0.3) is 11.8 Å². The van der Waals surface area contributed by atoms with E-state index in [4.69, 9.17) is 0 Å². The molecule has 0 N–H and O–H groups in total. The molecule has 0 bridgehead atoms. The van der Waals surface area contributed by atoms with Crippen LogP contribution in [0.1, 0.15) is 141 Å². The summed E-state index contributed by atoms with van der Waals surface area (Å²) in [5.41, 5.74) is -1.75. The van der Waals surface area contributed by atoms with E-state index in [9.17, 15) is 27.2 Å². The van der Waals surface area contributed by atoms with E-state index < -0.39 is 46.2 Å². The maximum atomic E-state index is 14.7. The van der Waals surface area contributed by atoms with Crippen LogP contribution in [0.5, 0.6) is 0 Å². The molecule has 0 spiro atoms. The molecule has 0 fully saturated rings. The van der Waals surface area contributed by atoms with Crippen LogP contribution in [0.2, 0.25) is 0 Å². The second-order valence-corrected chi connectivity index (χ2v) is 11.2. The van der Waals surface area contributed by atoms with Gasteiger partial charge in [-0.15, -0.1) is 0 Å². The zero-order valence-corrected chi connectivity index (χ0v) is 25.1. The van der Waals surface area contributed by atoms with E-state index in [-0.39, 0.29) is 17.7 Å². The van der Waals surface area contributed by atoms with Gasteiger partial charge in [-0.2, -0.15) is 0 Å². The molecule has 2 rings (SSSR count). The lowest BCUT2D eigenvalue weighted by atomic mass is 10.0. The van der Waals surface area contributed by atoms with Crippen molar-refractivity contribution in [2.45, 2.75) is 124 Å². The van der Waals surface area contributed by atoms with Crippen LogP contribution in [0, 0.1) is 37.1 Å². The molecule has 0 saturated carbocycles. The third-order valence-corrected chi connectivity index (χ3v) is 7.72. The number of amides is 2. The largest absolute Gasteiger partial charge is 0.274 e. The first-order chi connectivity index (χ1) is 19.7. The number of hydrogen-bond donors (Lipinski definition) is 0. The van der Waals surface area contributed by atoms with Gasteiger partial charge in [0.1, 0.15) is 34.4 Å². The van der Waals surface area contributed by atoms with Crippen molar-refractivity contribution in [2.24, 2.45) is 0 Å². The van der Waals surface area contributed by atoms with Gasteiger partial charge < -0.3 is 0 Å². The molecule has 0 heterocycles. The fraction of sp³-hybridized carbons (Fsp3) is 0.588. The Bertz CT molecular complexity index is 1050. The molecule has 41 heavy (non-hydrogen) atoms. The van der Waals surface area contributed by atoms with E-state index in [1.54, 1.807) is 0 Å². The van der Waals surface area contributed by atoms with Gasteiger partial charge in [-0.1, -0.05) is 115 Å². The van der Waals surface area contributed by atoms with Crippen LogP contribution in [-0.4, -0.2) is 23.3 Å². The average molecular weight is 578 g/mol. The van der Waals surface area contributed by atoms with Crippen LogP contribution < -0.4 is 0 Å². The maximum absolute atomic E-state index is 14.7. The summed E-state index contributed by atoms with van der Waals surface area (Å²) in [5.74, 6) is -6.93. The lowest BCUT2D eigenvalue weighted by Crippen LogP contribution is -2.39. The molecule has 2 aromatic carbocycles. The van der Waals surface area contributed by atoms with Crippen LogP contribution in [0.4, 0.5) is 17.6 Å². The Kier molecular flexibility index (Phi) is 15.7. The summed E-state index contributed by atoms with van der Waals surface area (Å²) in [6, 6.07) is 4.25. The second-order valence-electron chi connectivity index (χ2n) is 11.2. The minimum absolute atomic E-state index is 0.0254. The molecule has 0 atom stereocenters. The van der Waals surface area contributed by atoms with Gasteiger partial charge in [-0.3, -0.25) is 14.5 Å². The topological polar surface area (TPSA) is 37.4 Å². The number of aryl methyl sites for hydroxylation is 2. The van der Waals surface area contributed by atoms with Crippen LogP contribution in [0.3, 0.4) is 0 Å². The molecule has 0 aromatic heterocycles. The smallest absolute Gasteiger partial charge is 0.266 e. The second kappa shape index (κ2) is 18.7. The van der Waals surface area contributed by atoms with Crippen molar-refractivity contribution >= 4 is 11.8 Å². The Labute approximate surface area is 243 Å². The number of hydrogen-bond acceptors (Lipinski definition) is 2. The number of carbonyl (C=O) groups excluding carboxylic acids is 2. The van der Waals surface area contributed by atoms with Crippen LogP contribution >= 0.6 is 0 Å². The first-order valence-corrected chi connectivity index (χ1v) is 15.5. The summed E-state index contributed by atoms with van der Waals surface area (Å²) >= 11 is 0. The van der Waals surface area contributed by atoms with Crippen molar-refractivity contribution in [1.29, 1.82) is 0 Å². The molecule has 228 valence electrons. The van der Waals surface area contributed by atoms with Crippen LogP contribution in [0.15, 0.2) is 24.3 Å². The molecule has 2 aromatic rings. The number of benzene rings is 2. The van der Waals surface area contributed by atoms with Gasteiger partial charge >= 0.3 is 0 Å². The molecule has 0 radical (unpaired) electrons. The maximum Gasteiger partial charge on any atom is 0.266 e. The number of unbranched alkanes of at least 4 members (excludes halogenated alkanes) is 15. The highest BCUT2D eigenvalue weighted by molar-refractivity contribution is 6.10. The van der Waals surface area contributed by atoms with E-state index in [2.05, 4.69) is 6.92 Å². The Morgan fingerprint density at radius 1 is 0.537 bits per heavy atom. The van der Waals surface area contributed by atoms with Gasteiger partial charge in [0.2, 0.25) is 0 Å². The van der Waals surface area contributed by atoms with Crippen molar-refractivity contribution in [3.05, 3.63) is 69.8 Å². The molecule has 0 aliphatic rings. The first-order valence-electron chi connectivity index (χ1n) is 15.5. The van der Waals surface area contributed by atoms with Crippen molar-refractivity contribution in [2.75, 3.05) is 6.54 Å². The van der Waals surface area contributed by atoms with E-state index >= 15 is 0 Å². The average Bonchev–Trinajstić information content (AvgIpc) is 2.94. The summed E-state index contributed by atoms with van der Waals surface area (Å²) in [5, 5.41) is 0. The molecule has 0 aliphatic carbocycles. The van der Waals surface area contributed by atoms with Gasteiger partial charge in [-0.25, -0.2) is 17.6 Å². The standard InChI is InChI=1S/C34H47F4NO2/c1-4-5-6-7-8-9-10-11-12-13-14-15-16-17-18-19-24-39(33(40)29-27(35)22-20-25(2)31(29)37)34(41)30-28(36)23-21-26(3)32(30)38/h20-23H,4-19,24H2,1-3H3. The summed E-state index contributed by atoms with van der Waals surface area (Å²) in [4.78, 5) is 27.0. The number of nitrogens with zero attached hydrogens (tertiary/aromatic N) is 1. The molecular formula is C34H47F4NO2. The summed E-state index contributed by atoms with van der Waals surface area (Å²) in [6.45, 7) is 4.77. The number of imide groups is 1. The van der Waals surface area contributed by atoms with E-state index in [0.29, 0.717) is 17.7 Å². The highest BCUT2D eigenvalue weighted by Crippen LogP contribution is 2.24. The summed E-state index contributed by atoms with van der Waals surface area (Å²) < 4.78 is 58.5. The quantitative estimate of drug-likeness (QED) is 0.0946. The van der Waals surface area contributed by atoms with Gasteiger partial charge in [-0.05, 0) is 43.5 Å². The SMILES string of the molecule is CCCCCCCCCCCCCCCCCCN(C(=O)c1c(F)ccc(C)c1F)C(=O)c1c(F)ccc(C)c1F.